The largest absolute Gasteiger partial charge is 0.380 e. The molecule has 24 heavy (non-hydrogen) atoms. The quantitative estimate of drug-likeness (QED) is 0.842. The fourth-order valence-electron chi connectivity index (χ4n) is 3.04. The molecule has 1 amide bonds. The SMILES string of the molecule is NC1CCN(C(=O)c2ccc(S(=O)(=O)N3CCCOCC3)cc2)C1. The van der Waals surface area contributed by atoms with Crippen LogP contribution in [0.3, 0.4) is 0 Å². The second kappa shape index (κ2) is 7.18. The minimum atomic E-state index is -3.55. The van der Waals surface area contributed by atoms with Crippen LogP contribution in [0, 0.1) is 0 Å². The lowest BCUT2D eigenvalue weighted by Crippen LogP contribution is -2.33. The summed E-state index contributed by atoms with van der Waals surface area (Å²) in [6, 6.07) is 6.19. The van der Waals surface area contributed by atoms with Crippen LogP contribution < -0.4 is 5.73 Å². The highest BCUT2D eigenvalue weighted by molar-refractivity contribution is 7.89. The Morgan fingerprint density at radius 1 is 1.12 bits per heavy atom. The molecule has 2 aliphatic heterocycles. The monoisotopic (exact) mass is 353 g/mol. The van der Waals surface area contributed by atoms with Crippen LogP contribution in [0.4, 0.5) is 0 Å². The van der Waals surface area contributed by atoms with Crippen LogP contribution in [0.1, 0.15) is 23.2 Å². The van der Waals surface area contributed by atoms with Crippen molar-refractivity contribution in [2.45, 2.75) is 23.8 Å². The molecule has 2 aliphatic rings. The Hall–Kier alpha value is -1.48. The first-order valence-corrected chi connectivity index (χ1v) is 9.65. The average Bonchev–Trinajstić information content (AvgIpc) is 2.84. The number of carbonyl (C=O) groups excluding carboxylic acids is 1. The van der Waals surface area contributed by atoms with Crippen molar-refractivity contribution in [2.75, 3.05) is 39.4 Å². The summed E-state index contributed by atoms with van der Waals surface area (Å²) in [5, 5.41) is 0. The summed E-state index contributed by atoms with van der Waals surface area (Å²) in [5.74, 6) is -0.102. The van der Waals surface area contributed by atoms with Gasteiger partial charge in [-0.15, -0.1) is 0 Å². The molecule has 3 rings (SSSR count). The summed E-state index contributed by atoms with van der Waals surface area (Å²) >= 11 is 0. The van der Waals surface area contributed by atoms with Gasteiger partial charge in [0.25, 0.3) is 5.91 Å². The maximum absolute atomic E-state index is 12.7. The average molecular weight is 353 g/mol. The molecule has 1 aromatic rings. The van der Waals surface area contributed by atoms with Gasteiger partial charge in [0.05, 0.1) is 11.5 Å². The molecule has 0 spiro atoms. The highest BCUT2D eigenvalue weighted by Gasteiger charge is 2.27. The number of sulfonamides is 1. The van der Waals surface area contributed by atoms with Gasteiger partial charge in [0.1, 0.15) is 0 Å². The number of carbonyl (C=O) groups is 1. The summed E-state index contributed by atoms with van der Waals surface area (Å²) in [6.45, 7) is 2.99. The van der Waals surface area contributed by atoms with E-state index < -0.39 is 10.0 Å². The van der Waals surface area contributed by atoms with Crippen molar-refractivity contribution in [3.05, 3.63) is 29.8 Å². The van der Waals surface area contributed by atoms with E-state index in [1.807, 2.05) is 0 Å². The number of amides is 1. The third-order valence-corrected chi connectivity index (χ3v) is 6.35. The van der Waals surface area contributed by atoms with Gasteiger partial charge in [0, 0.05) is 44.4 Å². The minimum absolute atomic E-state index is 0.0267. The molecule has 0 aromatic heterocycles. The number of ether oxygens (including phenoxy) is 1. The molecular formula is C16H23N3O4S. The van der Waals surface area contributed by atoms with Crippen LogP contribution in [0.5, 0.6) is 0 Å². The summed E-state index contributed by atoms with van der Waals surface area (Å²) < 4.78 is 32.1. The predicted molar refractivity (Wildman–Crippen MR) is 89.1 cm³/mol. The summed E-state index contributed by atoms with van der Waals surface area (Å²) in [5.41, 5.74) is 6.32. The lowest BCUT2D eigenvalue weighted by atomic mass is 10.2. The number of nitrogens with two attached hydrogens (primary N) is 1. The predicted octanol–water partition coefficient (Wildman–Crippen LogP) is 0.271. The summed E-state index contributed by atoms with van der Waals surface area (Å²) in [4.78, 5) is 14.3. The number of hydrogen-bond donors (Lipinski definition) is 1. The van der Waals surface area contributed by atoms with E-state index in [4.69, 9.17) is 10.5 Å². The van der Waals surface area contributed by atoms with Gasteiger partial charge in [0.15, 0.2) is 0 Å². The minimum Gasteiger partial charge on any atom is -0.380 e. The third kappa shape index (κ3) is 3.61. The van der Waals surface area contributed by atoms with Crippen molar-refractivity contribution in [3.63, 3.8) is 0 Å². The van der Waals surface area contributed by atoms with Crippen molar-refractivity contribution in [1.82, 2.24) is 9.21 Å². The number of likely N-dealkylation sites (tertiary alicyclic amines) is 1. The van der Waals surface area contributed by atoms with E-state index in [-0.39, 0.29) is 16.8 Å². The zero-order valence-corrected chi connectivity index (χ0v) is 14.4. The smallest absolute Gasteiger partial charge is 0.253 e. The molecule has 0 radical (unpaired) electrons. The fourth-order valence-corrected chi connectivity index (χ4v) is 4.50. The van der Waals surface area contributed by atoms with Crippen LogP contribution in [0.2, 0.25) is 0 Å². The van der Waals surface area contributed by atoms with E-state index in [0.29, 0.717) is 51.4 Å². The molecular weight excluding hydrogens is 330 g/mol. The van der Waals surface area contributed by atoms with E-state index >= 15 is 0 Å². The number of nitrogens with zero attached hydrogens (tertiary/aromatic N) is 2. The highest BCUT2D eigenvalue weighted by atomic mass is 32.2. The number of hydrogen-bond acceptors (Lipinski definition) is 5. The summed E-state index contributed by atoms with van der Waals surface area (Å²) in [7, 11) is -3.55. The summed E-state index contributed by atoms with van der Waals surface area (Å²) in [6.07, 6.45) is 1.49. The Morgan fingerprint density at radius 3 is 2.54 bits per heavy atom. The molecule has 0 bridgehead atoms. The van der Waals surface area contributed by atoms with Crippen molar-refractivity contribution >= 4 is 15.9 Å². The van der Waals surface area contributed by atoms with Crippen LogP contribution in [-0.2, 0) is 14.8 Å². The first-order valence-electron chi connectivity index (χ1n) is 8.21. The van der Waals surface area contributed by atoms with Crippen LogP contribution in [0.15, 0.2) is 29.2 Å². The molecule has 2 fully saturated rings. The molecule has 0 aliphatic carbocycles. The maximum Gasteiger partial charge on any atom is 0.253 e. The zero-order chi connectivity index (χ0) is 17.2. The second-order valence-electron chi connectivity index (χ2n) is 6.19. The molecule has 0 saturated carbocycles. The lowest BCUT2D eigenvalue weighted by molar-refractivity contribution is 0.0791. The number of benzene rings is 1. The van der Waals surface area contributed by atoms with E-state index in [1.165, 1.54) is 16.4 Å². The Morgan fingerprint density at radius 2 is 1.88 bits per heavy atom. The Kier molecular flexibility index (Phi) is 5.19. The van der Waals surface area contributed by atoms with Gasteiger partial charge in [-0.2, -0.15) is 4.31 Å². The van der Waals surface area contributed by atoms with Gasteiger partial charge in [-0.25, -0.2) is 8.42 Å². The van der Waals surface area contributed by atoms with E-state index in [9.17, 15) is 13.2 Å². The molecule has 132 valence electrons. The van der Waals surface area contributed by atoms with Crippen LogP contribution in [-0.4, -0.2) is 69.0 Å². The molecule has 1 unspecified atom stereocenters. The van der Waals surface area contributed by atoms with Crippen molar-refractivity contribution in [3.8, 4) is 0 Å². The molecule has 7 nitrogen and oxygen atoms in total. The normalized spacial score (nSPS) is 23.2. The van der Waals surface area contributed by atoms with E-state index in [0.717, 1.165) is 6.42 Å². The molecule has 8 heteroatoms. The molecule has 1 aromatic carbocycles. The van der Waals surface area contributed by atoms with E-state index in [2.05, 4.69) is 0 Å². The lowest BCUT2D eigenvalue weighted by Gasteiger charge is -2.20. The topological polar surface area (TPSA) is 92.9 Å². The fraction of sp³-hybridized carbons (Fsp3) is 0.562. The van der Waals surface area contributed by atoms with Crippen LogP contribution >= 0.6 is 0 Å². The number of rotatable bonds is 3. The van der Waals surface area contributed by atoms with Crippen LogP contribution in [0.25, 0.3) is 0 Å². The van der Waals surface area contributed by atoms with E-state index in [1.54, 1.807) is 17.0 Å². The van der Waals surface area contributed by atoms with Gasteiger partial charge in [-0.05, 0) is 37.1 Å². The Labute approximate surface area is 142 Å². The van der Waals surface area contributed by atoms with Gasteiger partial charge in [-0.1, -0.05) is 0 Å². The first kappa shape index (κ1) is 17.3. The van der Waals surface area contributed by atoms with Crippen molar-refractivity contribution in [2.24, 2.45) is 5.73 Å². The molecule has 2 N–H and O–H groups in total. The van der Waals surface area contributed by atoms with Crippen molar-refractivity contribution in [1.29, 1.82) is 0 Å². The van der Waals surface area contributed by atoms with Gasteiger partial charge in [0.2, 0.25) is 10.0 Å². The Bertz CT molecular complexity index is 682. The first-order chi connectivity index (χ1) is 11.5. The highest BCUT2D eigenvalue weighted by Crippen LogP contribution is 2.19. The standard InChI is InChI=1S/C16H23N3O4S/c17-14-6-8-18(12-14)16(20)13-2-4-15(5-3-13)24(21,22)19-7-1-10-23-11-9-19/h2-5,14H,1,6-12,17H2. The third-order valence-electron chi connectivity index (χ3n) is 4.43. The Balaban J connectivity index is 1.74. The van der Waals surface area contributed by atoms with Gasteiger partial charge < -0.3 is 15.4 Å². The van der Waals surface area contributed by atoms with Gasteiger partial charge in [-0.3, -0.25) is 4.79 Å². The van der Waals surface area contributed by atoms with Gasteiger partial charge >= 0.3 is 0 Å². The second-order valence-corrected chi connectivity index (χ2v) is 8.13. The molecule has 2 heterocycles. The zero-order valence-electron chi connectivity index (χ0n) is 13.6. The van der Waals surface area contributed by atoms with Crippen molar-refractivity contribution < 1.29 is 17.9 Å². The maximum atomic E-state index is 12.7. The molecule has 1 atom stereocenters. The molecule has 2 saturated heterocycles.